The molecule has 0 aliphatic carbocycles. The van der Waals surface area contributed by atoms with Gasteiger partial charge in [-0.05, 0) is 24.1 Å². The van der Waals surface area contributed by atoms with Crippen molar-refractivity contribution in [2.75, 3.05) is 20.7 Å². The van der Waals surface area contributed by atoms with Crippen molar-refractivity contribution in [3.05, 3.63) is 29.8 Å². The van der Waals surface area contributed by atoms with Crippen LogP contribution in [-0.4, -0.2) is 37.8 Å². The van der Waals surface area contributed by atoms with E-state index >= 15 is 0 Å². The van der Waals surface area contributed by atoms with Gasteiger partial charge in [0.1, 0.15) is 5.75 Å². The Morgan fingerprint density at radius 2 is 2.00 bits per heavy atom. The number of carbonyl (C=O) groups is 2. The Bertz CT molecular complexity index is 359. The standard InChI is InChI=1S/C12H15NO3/c1-13(12(15)9-14)8-7-10-3-5-11(16-2)6-4-10/h3-6,9H,7-8H2,1-2H3. The summed E-state index contributed by atoms with van der Waals surface area (Å²) in [5, 5.41) is 0. The van der Waals surface area contributed by atoms with Crippen LogP contribution in [0.5, 0.6) is 5.75 Å². The monoisotopic (exact) mass is 221 g/mol. The summed E-state index contributed by atoms with van der Waals surface area (Å²) in [4.78, 5) is 22.6. The molecule has 0 saturated carbocycles. The van der Waals surface area contributed by atoms with Crippen molar-refractivity contribution in [1.82, 2.24) is 4.90 Å². The lowest BCUT2D eigenvalue weighted by Crippen LogP contribution is -2.29. The van der Waals surface area contributed by atoms with Gasteiger partial charge < -0.3 is 9.64 Å². The van der Waals surface area contributed by atoms with Gasteiger partial charge in [0.05, 0.1) is 7.11 Å². The van der Waals surface area contributed by atoms with Gasteiger partial charge in [-0.15, -0.1) is 0 Å². The average Bonchev–Trinajstić information content (AvgIpc) is 2.35. The summed E-state index contributed by atoms with van der Waals surface area (Å²) in [6, 6.07) is 7.63. The van der Waals surface area contributed by atoms with E-state index in [0.29, 0.717) is 12.8 Å². The van der Waals surface area contributed by atoms with Gasteiger partial charge in [0.2, 0.25) is 6.29 Å². The highest BCUT2D eigenvalue weighted by Gasteiger charge is 2.06. The summed E-state index contributed by atoms with van der Waals surface area (Å²) in [5.74, 6) is 0.314. The van der Waals surface area contributed by atoms with Crippen LogP contribution < -0.4 is 4.74 Å². The fourth-order valence-electron chi connectivity index (χ4n) is 1.29. The fourth-order valence-corrected chi connectivity index (χ4v) is 1.29. The van der Waals surface area contributed by atoms with Crippen LogP contribution in [-0.2, 0) is 16.0 Å². The first-order valence-electron chi connectivity index (χ1n) is 5.00. The summed E-state index contributed by atoms with van der Waals surface area (Å²) in [7, 11) is 3.23. The van der Waals surface area contributed by atoms with Gasteiger partial charge in [-0.3, -0.25) is 9.59 Å². The van der Waals surface area contributed by atoms with Crippen molar-refractivity contribution in [3.63, 3.8) is 0 Å². The second-order valence-corrected chi connectivity index (χ2v) is 3.48. The number of likely N-dealkylation sites (N-methyl/N-ethyl adjacent to an activating group) is 1. The number of hydrogen-bond acceptors (Lipinski definition) is 3. The first-order valence-corrected chi connectivity index (χ1v) is 5.00. The summed E-state index contributed by atoms with van der Waals surface area (Å²) < 4.78 is 5.04. The molecule has 0 aliphatic rings. The molecule has 4 heteroatoms. The van der Waals surface area contributed by atoms with E-state index in [1.54, 1.807) is 14.2 Å². The fraction of sp³-hybridized carbons (Fsp3) is 0.333. The van der Waals surface area contributed by atoms with Gasteiger partial charge in [-0.1, -0.05) is 12.1 Å². The number of benzene rings is 1. The normalized spacial score (nSPS) is 9.62. The van der Waals surface area contributed by atoms with E-state index < -0.39 is 5.91 Å². The van der Waals surface area contributed by atoms with Gasteiger partial charge in [0, 0.05) is 13.6 Å². The van der Waals surface area contributed by atoms with E-state index in [2.05, 4.69) is 0 Å². The molecule has 1 amide bonds. The van der Waals surface area contributed by atoms with Crippen molar-refractivity contribution >= 4 is 12.2 Å². The highest BCUT2D eigenvalue weighted by Crippen LogP contribution is 2.11. The number of ether oxygens (including phenoxy) is 1. The van der Waals surface area contributed by atoms with Crippen LogP contribution in [0.1, 0.15) is 5.56 Å². The Labute approximate surface area is 94.8 Å². The van der Waals surface area contributed by atoms with E-state index in [-0.39, 0.29) is 0 Å². The minimum atomic E-state index is -0.492. The summed E-state index contributed by atoms with van der Waals surface area (Å²) in [5.41, 5.74) is 1.10. The number of aldehydes is 1. The molecule has 0 atom stereocenters. The molecule has 0 radical (unpaired) electrons. The molecule has 0 heterocycles. The lowest BCUT2D eigenvalue weighted by molar-refractivity contribution is -0.137. The first-order chi connectivity index (χ1) is 7.67. The zero-order chi connectivity index (χ0) is 12.0. The maximum Gasteiger partial charge on any atom is 0.286 e. The highest BCUT2D eigenvalue weighted by molar-refractivity contribution is 6.23. The van der Waals surface area contributed by atoms with E-state index in [9.17, 15) is 9.59 Å². The molecule has 0 aromatic heterocycles. The molecule has 16 heavy (non-hydrogen) atoms. The third kappa shape index (κ3) is 3.38. The smallest absolute Gasteiger partial charge is 0.286 e. The molecule has 0 aliphatic heterocycles. The lowest BCUT2D eigenvalue weighted by atomic mass is 10.1. The second kappa shape index (κ2) is 5.90. The van der Waals surface area contributed by atoms with Crippen molar-refractivity contribution in [2.45, 2.75) is 6.42 Å². The first kappa shape index (κ1) is 12.2. The molecule has 0 saturated heterocycles. The number of nitrogens with zero attached hydrogens (tertiary/aromatic N) is 1. The van der Waals surface area contributed by atoms with E-state index in [1.165, 1.54) is 4.90 Å². The van der Waals surface area contributed by atoms with E-state index in [1.807, 2.05) is 24.3 Å². The molecule has 0 spiro atoms. The maximum atomic E-state index is 11.0. The Morgan fingerprint density at radius 1 is 1.38 bits per heavy atom. The Morgan fingerprint density at radius 3 is 2.50 bits per heavy atom. The Kier molecular flexibility index (Phi) is 4.51. The topological polar surface area (TPSA) is 46.6 Å². The van der Waals surface area contributed by atoms with Gasteiger partial charge in [0.25, 0.3) is 5.91 Å². The number of amides is 1. The van der Waals surface area contributed by atoms with Crippen LogP contribution in [0.15, 0.2) is 24.3 Å². The molecule has 86 valence electrons. The van der Waals surface area contributed by atoms with Crippen LogP contribution in [0.4, 0.5) is 0 Å². The summed E-state index contributed by atoms with van der Waals surface area (Å²) in [6.07, 6.45) is 1.05. The van der Waals surface area contributed by atoms with Crippen molar-refractivity contribution in [1.29, 1.82) is 0 Å². The summed E-state index contributed by atoms with van der Waals surface area (Å²) in [6.45, 7) is 0.532. The van der Waals surface area contributed by atoms with Crippen LogP contribution in [0.25, 0.3) is 0 Å². The zero-order valence-electron chi connectivity index (χ0n) is 9.47. The van der Waals surface area contributed by atoms with Crippen molar-refractivity contribution in [3.8, 4) is 5.75 Å². The Hall–Kier alpha value is -1.84. The number of carbonyl (C=O) groups excluding carboxylic acids is 2. The van der Waals surface area contributed by atoms with Gasteiger partial charge >= 0.3 is 0 Å². The molecule has 0 bridgehead atoms. The molecular weight excluding hydrogens is 206 g/mol. The van der Waals surface area contributed by atoms with Gasteiger partial charge in [-0.25, -0.2) is 0 Å². The van der Waals surface area contributed by atoms with Crippen LogP contribution >= 0.6 is 0 Å². The molecule has 1 aromatic carbocycles. The summed E-state index contributed by atoms with van der Waals surface area (Å²) >= 11 is 0. The third-order valence-electron chi connectivity index (χ3n) is 2.37. The molecule has 0 fully saturated rings. The predicted octanol–water partition coefficient (Wildman–Crippen LogP) is 0.895. The molecular formula is C12H15NO3. The third-order valence-corrected chi connectivity index (χ3v) is 2.37. The molecule has 0 N–H and O–H groups in total. The number of methoxy groups -OCH3 is 1. The molecule has 1 rings (SSSR count). The number of rotatable bonds is 5. The highest BCUT2D eigenvalue weighted by atomic mass is 16.5. The zero-order valence-corrected chi connectivity index (χ0v) is 9.47. The Balaban J connectivity index is 2.48. The predicted molar refractivity (Wildman–Crippen MR) is 60.4 cm³/mol. The quantitative estimate of drug-likeness (QED) is 0.548. The van der Waals surface area contributed by atoms with E-state index in [4.69, 9.17) is 4.74 Å². The van der Waals surface area contributed by atoms with Crippen molar-refractivity contribution < 1.29 is 14.3 Å². The van der Waals surface area contributed by atoms with E-state index in [0.717, 1.165) is 17.7 Å². The molecule has 1 aromatic rings. The van der Waals surface area contributed by atoms with Crippen LogP contribution in [0.3, 0.4) is 0 Å². The van der Waals surface area contributed by atoms with Crippen LogP contribution in [0, 0.1) is 0 Å². The lowest BCUT2D eigenvalue weighted by Gasteiger charge is -2.13. The minimum absolute atomic E-state index is 0.327. The van der Waals surface area contributed by atoms with Gasteiger partial charge in [0.15, 0.2) is 0 Å². The maximum absolute atomic E-state index is 11.0. The average molecular weight is 221 g/mol. The second-order valence-electron chi connectivity index (χ2n) is 3.48. The SMILES string of the molecule is COc1ccc(CCN(C)C(=O)C=O)cc1. The largest absolute Gasteiger partial charge is 0.497 e. The molecule has 4 nitrogen and oxygen atoms in total. The van der Waals surface area contributed by atoms with Crippen molar-refractivity contribution in [2.24, 2.45) is 0 Å². The van der Waals surface area contributed by atoms with Gasteiger partial charge in [-0.2, -0.15) is 0 Å². The number of hydrogen-bond donors (Lipinski definition) is 0. The van der Waals surface area contributed by atoms with Crippen LogP contribution in [0.2, 0.25) is 0 Å². The molecule has 0 unspecified atom stereocenters. The minimum Gasteiger partial charge on any atom is -0.497 e.